The summed E-state index contributed by atoms with van der Waals surface area (Å²) in [5.41, 5.74) is 2.42. The molecule has 1 atom stereocenters. The largest absolute Gasteiger partial charge is 0.393 e. The van der Waals surface area contributed by atoms with E-state index in [9.17, 15) is 18.7 Å². The van der Waals surface area contributed by atoms with Crippen molar-refractivity contribution in [1.29, 1.82) is 0 Å². The molecule has 0 bridgehead atoms. The first kappa shape index (κ1) is 27.7. The van der Waals surface area contributed by atoms with E-state index < -0.39 is 11.6 Å². The van der Waals surface area contributed by atoms with Gasteiger partial charge in [0, 0.05) is 52.9 Å². The van der Waals surface area contributed by atoms with Gasteiger partial charge in [-0.15, -0.1) is 5.10 Å². The van der Waals surface area contributed by atoms with Crippen LogP contribution in [-0.2, 0) is 11.2 Å². The maximum atomic E-state index is 14.3. The molecule has 2 aliphatic rings. The van der Waals surface area contributed by atoms with E-state index in [0.29, 0.717) is 11.0 Å². The molecule has 0 radical (unpaired) electrons. The number of amides is 1. The average molecular weight is 603 g/mol. The lowest BCUT2D eigenvalue weighted by Crippen LogP contribution is -2.53. The van der Waals surface area contributed by atoms with Gasteiger partial charge in [0.25, 0.3) is 0 Å². The Morgan fingerprint density at radius 3 is 2.44 bits per heavy atom. The molecule has 0 spiro atoms. The first-order valence-corrected chi connectivity index (χ1v) is 14.3. The maximum absolute atomic E-state index is 14.3. The number of rotatable bonds is 6. The molecule has 39 heavy (non-hydrogen) atoms. The van der Waals surface area contributed by atoms with Crippen LogP contribution in [0, 0.1) is 11.6 Å². The Kier molecular flexibility index (Phi) is 8.05. The lowest BCUT2D eigenvalue weighted by atomic mass is 9.87. The number of benzene rings is 2. The van der Waals surface area contributed by atoms with Gasteiger partial charge in [-0.3, -0.25) is 4.79 Å². The minimum atomic E-state index is -0.650. The van der Waals surface area contributed by atoms with Crippen LogP contribution < -0.4 is 4.90 Å². The second-order valence-corrected chi connectivity index (χ2v) is 12.1. The van der Waals surface area contributed by atoms with Gasteiger partial charge in [0.1, 0.15) is 17.3 Å². The van der Waals surface area contributed by atoms with Crippen molar-refractivity contribution in [1.82, 2.24) is 19.9 Å². The van der Waals surface area contributed by atoms with Crippen LogP contribution in [0.25, 0.3) is 11.3 Å². The fourth-order valence-corrected chi connectivity index (χ4v) is 5.99. The average Bonchev–Trinajstić information content (AvgIpc) is 3.39. The lowest BCUT2D eigenvalue weighted by Gasteiger charge is -2.45. The highest BCUT2D eigenvalue weighted by Crippen LogP contribution is 2.34. The van der Waals surface area contributed by atoms with Crippen molar-refractivity contribution in [2.75, 3.05) is 24.5 Å². The molecule has 1 N–H and O–H groups in total. The first-order valence-electron chi connectivity index (χ1n) is 13.5. The van der Waals surface area contributed by atoms with Crippen molar-refractivity contribution in [3.63, 3.8) is 0 Å². The van der Waals surface area contributed by atoms with Crippen molar-refractivity contribution in [3.05, 3.63) is 64.3 Å². The van der Waals surface area contributed by atoms with Gasteiger partial charge in [0.2, 0.25) is 5.91 Å². The van der Waals surface area contributed by atoms with Crippen LogP contribution in [0.4, 0.5) is 14.5 Å². The van der Waals surface area contributed by atoms with E-state index in [2.05, 4.69) is 43.3 Å². The smallest absolute Gasteiger partial charge is 0.223 e. The topological polar surface area (TPSA) is 74.5 Å². The lowest BCUT2D eigenvalue weighted by molar-refractivity contribution is -0.139. The highest BCUT2D eigenvalue weighted by molar-refractivity contribution is 9.10. The van der Waals surface area contributed by atoms with Crippen molar-refractivity contribution in [2.45, 2.75) is 70.1 Å². The molecule has 2 saturated heterocycles. The highest BCUT2D eigenvalue weighted by Gasteiger charge is 2.38. The number of hydrogen-bond donors (Lipinski definition) is 1. The van der Waals surface area contributed by atoms with Gasteiger partial charge >= 0.3 is 0 Å². The number of likely N-dealkylation sites (tertiary alicyclic amines) is 1. The zero-order chi connectivity index (χ0) is 27.7. The third-order valence-electron chi connectivity index (χ3n) is 8.09. The van der Waals surface area contributed by atoms with Gasteiger partial charge in [-0.25, -0.2) is 13.5 Å². The summed E-state index contributed by atoms with van der Waals surface area (Å²) < 4.78 is 30.7. The third-order valence-corrected chi connectivity index (χ3v) is 8.54. The zero-order valence-electron chi connectivity index (χ0n) is 22.3. The SMILES string of the molecule is CC1(C)CCC(n2cc(-c3ccc(N4CCC(O)CC4)cc3)nn2)CN1C(=O)CCc1c(F)cc(Br)cc1F. The number of nitrogens with zero attached hydrogens (tertiary/aromatic N) is 5. The van der Waals surface area contributed by atoms with Crippen LogP contribution in [0.5, 0.6) is 0 Å². The number of halogens is 3. The fraction of sp³-hybridized carbons (Fsp3) is 0.483. The van der Waals surface area contributed by atoms with E-state index in [-0.39, 0.29) is 42.0 Å². The summed E-state index contributed by atoms with van der Waals surface area (Å²) in [7, 11) is 0. The Morgan fingerprint density at radius 2 is 1.77 bits per heavy atom. The normalized spacial score (nSPS) is 19.9. The van der Waals surface area contributed by atoms with Gasteiger partial charge in [-0.1, -0.05) is 33.3 Å². The molecule has 3 heterocycles. The molecule has 208 valence electrons. The molecule has 3 aromatic rings. The van der Waals surface area contributed by atoms with Gasteiger partial charge < -0.3 is 14.9 Å². The van der Waals surface area contributed by atoms with Gasteiger partial charge in [0.15, 0.2) is 0 Å². The number of hydrogen-bond acceptors (Lipinski definition) is 5. The number of anilines is 1. The zero-order valence-corrected chi connectivity index (χ0v) is 23.9. The Labute approximate surface area is 235 Å². The van der Waals surface area contributed by atoms with E-state index in [0.717, 1.165) is 55.7 Å². The van der Waals surface area contributed by atoms with Crippen molar-refractivity contribution >= 4 is 27.5 Å². The summed E-state index contributed by atoms with van der Waals surface area (Å²) in [6.45, 7) is 6.20. The third kappa shape index (κ3) is 6.17. The van der Waals surface area contributed by atoms with Crippen LogP contribution >= 0.6 is 15.9 Å². The predicted octanol–water partition coefficient (Wildman–Crippen LogP) is 5.52. The second kappa shape index (κ2) is 11.3. The monoisotopic (exact) mass is 601 g/mol. The second-order valence-electron chi connectivity index (χ2n) is 11.2. The van der Waals surface area contributed by atoms with Gasteiger partial charge in [0.05, 0.1) is 18.3 Å². The summed E-state index contributed by atoms with van der Waals surface area (Å²) in [6.07, 6.45) is 4.93. The van der Waals surface area contributed by atoms with Crippen LogP contribution in [0.15, 0.2) is 47.1 Å². The highest BCUT2D eigenvalue weighted by atomic mass is 79.9. The Hall–Kier alpha value is -2.85. The number of carbonyl (C=O) groups excluding carboxylic acids is 1. The van der Waals surface area contributed by atoms with Crippen molar-refractivity contribution in [2.24, 2.45) is 0 Å². The quantitative estimate of drug-likeness (QED) is 0.402. The molecular weight excluding hydrogens is 568 g/mol. The number of aliphatic hydroxyl groups is 1. The number of aromatic nitrogens is 3. The molecule has 1 unspecified atom stereocenters. The summed E-state index contributed by atoms with van der Waals surface area (Å²) in [4.78, 5) is 17.4. The minimum absolute atomic E-state index is 0.00249. The molecule has 0 saturated carbocycles. The van der Waals surface area contributed by atoms with Gasteiger partial charge in [-0.05, 0) is 70.2 Å². The number of piperidine rings is 2. The summed E-state index contributed by atoms with van der Waals surface area (Å²) in [5, 5.41) is 18.5. The Bertz CT molecular complexity index is 1300. The molecule has 2 aliphatic heterocycles. The van der Waals surface area contributed by atoms with Crippen molar-refractivity contribution < 1.29 is 18.7 Å². The van der Waals surface area contributed by atoms with Crippen LogP contribution in [-0.4, -0.2) is 62.2 Å². The van der Waals surface area contributed by atoms with E-state index in [1.807, 2.05) is 41.8 Å². The van der Waals surface area contributed by atoms with Crippen LogP contribution in [0.3, 0.4) is 0 Å². The van der Waals surface area contributed by atoms with Gasteiger partial charge in [-0.2, -0.15) is 0 Å². The fourth-order valence-electron chi connectivity index (χ4n) is 5.59. The van der Waals surface area contributed by atoms with E-state index in [1.165, 1.54) is 12.1 Å². The maximum Gasteiger partial charge on any atom is 0.223 e. The van der Waals surface area contributed by atoms with E-state index in [1.54, 1.807) is 0 Å². The molecule has 1 aromatic heterocycles. The van der Waals surface area contributed by atoms with E-state index in [4.69, 9.17) is 0 Å². The number of carbonyl (C=O) groups is 1. The van der Waals surface area contributed by atoms with Crippen LogP contribution in [0.1, 0.15) is 57.6 Å². The molecule has 10 heteroatoms. The molecule has 7 nitrogen and oxygen atoms in total. The first-order chi connectivity index (χ1) is 18.6. The molecule has 1 amide bonds. The van der Waals surface area contributed by atoms with Crippen LogP contribution in [0.2, 0.25) is 0 Å². The molecule has 5 rings (SSSR count). The van der Waals surface area contributed by atoms with Crippen molar-refractivity contribution in [3.8, 4) is 11.3 Å². The number of aliphatic hydroxyl groups excluding tert-OH is 1. The predicted molar refractivity (Wildman–Crippen MR) is 149 cm³/mol. The minimum Gasteiger partial charge on any atom is -0.393 e. The van der Waals surface area contributed by atoms with E-state index >= 15 is 0 Å². The Morgan fingerprint density at radius 1 is 1.10 bits per heavy atom. The molecule has 2 fully saturated rings. The summed E-state index contributed by atoms with van der Waals surface area (Å²) in [5.74, 6) is -1.43. The molecule has 2 aromatic carbocycles. The summed E-state index contributed by atoms with van der Waals surface area (Å²) in [6, 6.07) is 10.6. The standard InChI is InChI=1S/C29H34BrF2N5O2/c1-29(2)12-9-22(17-36(29)28(39)8-7-24-25(31)15-20(30)16-26(24)32)37-18-27(33-34-37)19-3-5-21(6-4-19)35-13-10-23(38)11-14-35/h3-6,15-16,18,22-23,38H,7-14,17H2,1-2H3. The molecule has 0 aliphatic carbocycles. The molecular formula is C29H34BrF2N5O2. The Balaban J connectivity index is 1.24. The summed E-state index contributed by atoms with van der Waals surface area (Å²) >= 11 is 3.09.